The van der Waals surface area contributed by atoms with Gasteiger partial charge in [0.1, 0.15) is 5.82 Å². The van der Waals surface area contributed by atoms with Crippen LogP contribution < -0.4 is 10.6 Å². The van der Waals surface area contributed by atoms with Gasteiger partial charge in [0, 0.05) is 25.3 Å². The van der Waals surface area contributed by atoms with Crippen LogP contribution in [0.4, 0.5) is 10.1 Å². The highest BCUT2D eigenvalue weighted by Gasteiger charge is 2.06. The van der Waals surface area contributed by atoms with Crippen LogP contribution in [0.2, 0.25) is 0 Å². The van der Waals surface area contributed by atoms with E-state index < -0.39 is 0 Å². The smallest absolute Gasteiger partial charge is 0.125 e. The zero-order chi connectivity index (χ0) is 10.6. The second-order valence-electron chi connectivity index (χ2n) is 3.30. The third kappa shape index (κ3) is 2.97. The first-order chi connectivity index (χ1) is 6.63. The molecule has 78 valence electrons. The lowest BCUT2D eigenvalue weighted by Crippen LogP contribution is -2.37. The Kier molecular flexibility index (Phi) is 3.85. The number of likely N-dealkylation sites (N-methyl/N-ethyl adjacent to an activating group) is 1. The summed E-state index contributed by atoms with van der Waals surface area (Å²) in [7, 11) is 1.81. The molecular weight excluding hydrogens is 183 g/mol. The molecule has 0 saturated carbocycles. The second kappa shape index (κ2) is 4.93. The van der Waals surface area contributed by atoms with E-state index in [2.05, 4.69) is 0 Å². The van der Waals surface area contributed by atoms with Gasteiger partial charge in [0.15, 0.2) is 0 Å². The molecular formula is C10H15FN2O. The van der Waals surface area contributed by atoms with Crippen LogP contribution in [0.1, 0.15) is 0 Å². The van der Waals surface area contributed by atoms with Crippen molar-refractivity contribution < 1.29 is 9.50 Å². The molecule has 1 aromatic carbocycles. The summed E-state index contributed by atoms with van der Waals surface area (Å²) in [5.74, 6) is -0.271. The first-order valence-electron chi connectivity index (χ1n) is 4.46. The highest BCUT2D eigenvalue weighted by Crippen LogP contribution is 2.13. The first kappa shape index (κ1) is 10.9. The molecule has 14 heavy (non-hydrogen) atoms. The van der Waals surface area contributed by atoms with E-state index in [1.54, 1.807) is 12.1 Å². The number of anilines is 1. The zero-order valence-corrected chi connectivity index (χ0v) is 8.15. The summed E-state index contributed by atoms with van der Waals surface area (Å²) in [5.41, 5.74) is 6.32. The fourth-order valence-corrected chi connectivity index (χ4v) is 1.23. The van der Waals surface area contributed by atoms with Crippen LogP contribution in [0.3, 0.4) is 0 Å². The Morgan fingerprint density at radius 2 is 2.29 bits per heavy atom. The van der Waals surface area contributed by atoms with Gasteiger partial charge in [0.25, 0.3) is 0 Å². The summed E-state index contributed by atoms with van der Waals surface area (Å²) in [6.07, 6.45) is 0. The second-order valence-corrected chi connectivity index (χ2v) is 3.30. The van der Waals surface area contributed by atoms with Crippen LogP contribution in [0.5, 0.6) is 0 Å². The molecule has 1 aromatic rings. The number of aliphatic hydroxyl groups excluding tert-OH is 1. The Bertz CT molecular complexity index is 293. The van der Waals surface area contributed by atoms with Gasteiger partial charge >= 0.3 is 0 Å². The topological polar surface area (TPSA) is 49.5 Å². The zero-order valence-electron chi connectivity index (χ0n) is 8.15. The molecule has 0 fully saturated rings. The molecule has 0 aromatic heterocycles. The number of halogens is 1. The molecule has 0 saturated heterocycles. The van der Waals surface area contributed by atoms with Gasteiger partial charge < -0.3 is 15.7 Å². The highest BCUT2D eigenvalue weighted by atomic mass is 19.1. The molecule has 3 N–H and O–H groups in total. The number of rotatable bonds is 4. The lowest BCUT2D eigenvalue weighted by molar-refractivity contribution is 0.267. The maximum Gasteiger partial charge on any atom is 0.125 e. The maximum atomic E-state index is 12.8. The average Bonchev–Trinajstić information content (AvgIpc) is 2.17. The summed E-state index contributed by atoms with van der Waals surface area (Å²) in [4.78, 5) is 1.81. The molecule has 0 aliphatic heterocycles. The van der Waals surface area contributed by atoms with Crippen LogP contribution in [0.25, 0.3) is 0 Å². The predicted octanol–water partition coefficient (Wildman–Crippen LogP) is 0.581. The fourth-order valence-electron chi connectivity index (χ4n) is 1.23. The number of hydrogen-bond acceptors (Lipinski definition) is 3. The van der Waals surface area contributed by atoms with E-state index in [1.165, 1.54) is 12.1 Å². The van der Waals surface area contributed by atoms with Crippen LogP contribution in [-0.2, 0) is 0 Å². The van der Waals surface area contributed by atoms with Crippen molar-refractivity contribution in [3.8, 4) is 0 Å². The van der Waals surface area contributed by atoms with Crippen molar-refractivity contribution in [3.63, 3.8) is 0 Å². The Balaban J connectivity index is 2.64. The summed E-state index contributed by atoms with van der Waals surface area (Å²) < 4.78 is 12.8. The van der Waals surface area contributed by atoms with Gasteiger partial charge in [-0.25, -0.2) is 4.39 Å². The molecule has 1 unspecified atom stereocenters. The van der Waals surface area contributed by atoms with Crippen LogP contribution in [-0.4, -0.2) is 31.3 Å². The molecule has 0 amide bonds. The third-order valence-corrected chi connectivity index (χ3v) is 1.99. The Morgan fingerprint density at radius 3 is 2.86 bits per heavy atom. The van der Waals surface area contributed by atoms with Gasteiger partial charge in [-0.1, -0.05) is 6.07 Å². The number of nitrogens with two attached hydrogens (primary N) is 1. The minimum Gasteiger partial charge on any atom is -0.395 e. The van der Waals surface area contributed by atoms with E-state index >= 15 is 0 Å². The van der Waals surface area contributed by atoms with Crippen molar-refractivity contribution in [2.75, 3.05) is 25.1 Å². The van der Waals surface area contributed by atoms with Crippen LogP contribution in [0, 0.1) is 5.82 Å². The van der Waals surface area contributed by atoms with E-state index in [-0.39, 0.29) is 18.5 Å². The summed E-state index contributed by atoms with van der Waals surface area (Å²) in [6.45, 7) is 0.430. The Labute approximate surface area is 83.0 Å². The van der Waals surface area contributed by atoms with Gasteiger partial charge in [0.2, 0.25) is 0 Å². The number of nitrogens with zero attached hydrogens (tertiary/aromatic N) is 1. The van der Waals surface area contributed by atoms with Gasteiger partial charge in [-0.2, -0.15) is 0 Å². The van der Waals surface area contributed by atoms with Crippen LogP contribution >= 0.6 is 0 Å². The predicted molar refractivity (Wildman–Crippen MR) is 54.7 cm³/mol. The normalized spacial score (nSPS) is 12.6. The van der Waals surface area contributed by atoms with E-state index in [0.29, 0.717) is 6.54 Å². The van der Waals surface area contributed by atoms with Gasteiger partial charge in [0.05, 0.1) is 6.61 Å². The van der Waals surface area contributed by atoms with Gasteiger partial charge in [-0.3, -0.25) is 0 Å². The fraction of sp³-hybridized carbons (Fsp3) is 0.400. The monoisotopic (exact) mass is 198 g/mol. The van der Waals surface area contributed by atoms with E-state index in [9.17, 15) is 4.39 Å². The molecule has 0 radical (unpaired) electrons. The van der Waals surface area contributed by atoms with Crippen molar-refractivity contribution in [3.05, 3.63) is 30.1 Å². The maximum absolute atomic E-state index is 12.8. The molecule has 1 rings (SSSR count). The quantitative estimate of drug-likeness (QED) is 0.744. The van der Waals surface area contributed by atoms with Crippen molar-refractivity contribution in [2.24, 2.45) is 5.73 Å². The molecule has 1 atom stereocenters. The van der Waals surface area contributed by atoms with Crippen molar-refractivity contribution >= 4 is 5.69 Å². The van der Waals surface area contributed by atoms with Gasteiger partial charge in [-0.15, -0.1) is 0 Å². The SMILES string of the molecule is CN(CC(N)CO)c1cccc(F)c1. The molecule has 0 aliphatic rings. The molecule has 0 aliphatic carbocycles. The molecule has 0 bridgehead atoms. The van der Waals surface area contributed by atoms with Crippen LogP contribution in [0.15, 0.2) is 24.3 Å². The largest absolute Gasteiger partial charge is 0.395 e. The van der Waals surface area contributed by atoms with Crippen molar-refractivity contribution in [2.45, 2.75) is 6.04 Å². The standard InChI is InChI=1S/C10H15FN2O/c1-13(6-9(12)7-14)10-4-2-3-8(11)5-10/h2-5,9,14H,6-7,12H2,1H3. The minimum atomic E-state index is -0.303. The number of hydrogen-bond donors (Lipinski definition) is 2. The summed E-state index contributed by atoms with van der Waals surface area (Å²) >= 11 is 0. The van der Waals surface area contributed by atoms with E-state index in [0.717, 1.165) is 5.69 Å². The minimum absolute atomic E-state index is 0.0698. The summed E-state index contributed by atoms with van der Waals surface area (Å²) in [6, 6.07) is 5.97. The third-order valence-electron chi connectivity index (χ3n) is 1.99. The lowest BCUT2D eigenvalue weighted by Gasteiger charge is -2.22. The van der Waals surface area contributed by atoms with E-state index in [1.807, 2.05) is 11.9 Å². The Hall–Kier alpha value is -1.13. The number of aliphatic hydroxyl groups is 1. The molecule has 3 nitrogen and oxygen atoms in total. The molecule has 0 spiro atoms. The highest BCUT2D eigenvalue weighted by molar-refractivity contribution is 5.45. The molecule has 0 heterocycles. The van der Waals surface area contributed by atoms with Gasteiger partial charge in [-0.05, 0) is 18.2 Å². The van der Waals surface area contributed by atoms with E-state index in [4.69, 9.17) is 10.8 Å². The summed E-state index contributed by atoms with van der Waals surface area (Å²) in [5, 5.41) is 8.76. The van der Waals surface area contributed by atoms with Crippen molar-refractivity contribution in [1.29, 1.82) is 0 Å². The molecule has 4 heteroatoms. The first-order valence-corrected chi connectivity index (χ1v) is 4.46. The Morgan fingerprint density at radius 1 is 1.57 bits per heavy atom. The average molecular weight is 198 g/mol. The lowest BCUT2D eigenvalue weighted by atomic mass is 10.2. The number of benzene rings is 1. The van der Waals surface area contributed by atoms with Crippen molar-refractivity contribution in [1.82, 2.24) is 0 Å².